The van der Waals surface area contributed by atoms with E-state index in [1.807, 2.05) is 30.9 Å². The van der Waals surface area contributed by atoms with E-state index >= 15 is 0 Å². The van der Waals surface area contributed by atoms with Crippen molar-refractivity contribution < 1.29 is 4.79 Å². The molecule has 2 nitrogen and oxygen atoms in total. The monoisotopic (exact) mass is 167 g/mol. The zero-order chi connectivity index (χ0) is 9.19. The summed E-state index contributed by atoms with van der Waals surface area (Å²) in [5, 5.41) is 0. The van der Waals surface area contributed by atoms with Gasteiger partial charge in [-0.2, -0.15) is 0 Å². The average Bonchev–Trinajstić information content (AvgIpc) is 2.55. The summed E-state index contributed by atoms with van der Waals surface area (Å²) >= 11 is 0. The van der Waals surface area contributed by atoms with Crippen LogP contribution in [0.15, 0.2) is 12.2 Å². The summed E-state index contributed by atoms with van der Waals surface area (Å²) in [7, 11) is 0. The summed E-state index contributed by atoms with van der Waals surface area (Å²) in [5.74, 6) is 0.273. The van der Waals surface area contributed by atoms with Gasteiger partial charge in [0.1, 0.15) is 0 Å². The highest BCUT2D eigenvalue weighted by molar-refractivity contribution is 5.82. The topological polar surface area (TPSA) is 20.3 Å². The van der Waals surface area contributed by atoms with Crippen molar-refractivity contribution in [2.45, 2.75) is 27.2 Å². The van der Waals surface area contributed by atoms with E-state index in [9.17, 15) is 4.79 Å². The van der Waals surface area contributed by atoms with Crippen molar-refractivity contribution in [2.75, 3.05) is 13.1 Å². The van der Waals surface area contributed by atoms with Gasteiger partial charge in [-0.3, -0.25) is 4.79 Å². The molecule has 0 aromatic rings. The second-order valence-electron chi connectivity index (χ2n) is 3.92. The van der Waals surface area contributed by atoms with Gasteiger partial charge in [0.25, 0.3) is 0 Å². The van der Waals surface area contributed by atoms with Gasteiger partial charge in [0, 0.05) is 18.5 Å². The van der Waals surface area contributed by atoms with Crippen molar-refractivity contribution in [1.29, 1.82) is 0 Å². The molecule has 0 radical (unpaired) electrons. The minimum absolute atomic E-state index is 0.188. The van der Waals surface area contributed by atoms with E-state index in [0.717, 1.165) is 19.5 Å². The Labute approximate surface area is 74.2 Å². The molecule has 0 saturated carbocycles. The predicted molar refractivity (Wildman–Crippen MR) is 49.8 cm³/mol. The predicted octanol–water partition coefficient (Wildman–Crippen LogP) is 1.82. The molecule has 1 aliphatic heterocycles. The molecular formula is C10H17NO. The molecule has 1 heterocycles. The van der Waals surface area contributed by atoms with Gasteiger partial charge in [-0.15, -0.1) is 0 Å². The number of hydrogen-bond donors (Lipinski definition) is 0. The van der Waals surface area contributed by atoms with Gasteiger partial charge < -0.3 is 4.90 Å². The van der Waals surface area contributed by atoms with Crippen LogP contribution >= 0.6 is 0 Å². The smallest absolute Gasteiger partial charge is 0.228 e. The lowest BCUT2D eigenvalue weighted by molar-refractivity contribution is -0.139. The molecule has 0 atom stereocenters. The second-order valence-corrected chi connectivity index (χ2v) is 3.92. The standard InChI is InChI=1S/C10H17NO/c1-4-10(2,3)9(12)11-7-5-6-8-11/h5-6H,4,7-8H2,1-3H3. The van der Waals surface area contributed by atoms with Gasteiger partial charge in [0.05, 0.1) is 0 Å². The molecule has 1 aliphatic rings. The maximum absolute atomic E-state index is 11.8. The number of rotatable bonds is 2. The number of hydrogen-bond acceptors (Lipinski definition) is 1. The van der Waals surface area contributed by atoms with Gasteiger partial charge in [-0.1, -0.05) is 32.9 Å². The number of carbonyl (C=O) groups is 1. The quantitative estimate of drug-likeness (QED) is 0.574. The molecule has 0 aromatic carbocycles. The lowest BCUT2D eigenvalue weighted by atomic mass is 9.88. The normalized spacial score (nSPS) is 17.1. The van der Waals surface area contributed by atoms with Crippen LogP contribution in [0.1, 0.15) is 27.2 Å². The summed E-state index contributed by atoms with van der Waals surface area (Å²) in [6.07, 6.45) is 5.00. The lowest BCUT2D eigenvalue weighted by Crippen LogP contribution is -2.39. The summed E-state index contributed by atoms with van der Waals surface area (Å²) in [6.45, 7) is 7.66. The van der Waals surface area contributed by atoms with E-state index in [2.05, 4.69) is 6.92 Å². The number of nitrogens with zero attached hydrogens (tertiary/aromatic N) is 1. The molecule has 0 saturated heterocycles. The molecule has 0 fully saturated rings. The fourth-order valence-corrected chi connectivity index (χ4v) is 1.22. The first-order valence-corrected chi connectivity index (χ1v) is 4.52. The Morgan fingerprint density at radius 1 is 1.42 bits per heavy atom. The lowest BCUT2D eigenvalue weighted by Gasteiger charge is -2.27. The third kappa shape index (κ3) is 1.68. The van der Waals surface area contributed by atoms with Gasteiger partial charge in [-0.25, -0.2) is 0 Å². The van der Waals surface area contributed by atoms with Crippen LogP contribution in [-0.2, 0) is 4.79 Å². The van der Waals surface area contributed by atoms with E-state index in [-0.39, 0.29) is 11.3 Å². The Morgan fingerprint density at radius 2 is 1.92 bits per heavy atom. The summed E-state index contributed by atoms with van der Waals surface area (Å²) in [4.78, 5) is 13.7. The maximum atomic E-state index is 11.8. The van der Waals surface area contributed by atoms with Crippen molar-refractivity contribution in [1.82, 2.24) is 4.90 Å². The first-order valence-electron chi connectivity index (χ1n) is 4.52. The molecule has 0 unspecified atom stereocenters. The number of amides is 1. The zero-order valence-corrected chi connectivity index (χ0v) is 8.13. The van der Waals surface area contributed by atoms with E-state index < -0.39 is 0 Å². The molecule has 12 heavy (non-hydrogen) atoms. The largest absolute Gasteiger partial charge is 0.335 e. The number of carbonyl (C=O) groups excluding carboxylic acids is 1. The molecule has 0 spiro atoms. The van der Waals surface area contributed by atoms with E-state index in [1.54, 1.807) is 0 Å². The van der Waals surface area contributed by atoms with Crippen LogP contribution in [0, 0.1) is 5.41 Å². The minimum Gasteiger partial charge on any atom is -0.335 e. The Hall–Kier alpha value is -0.790. The third-order valence-electron chi connectivity index (χ3n) is 2.57. The molecule has 0 N–H and O–H groups in total. The van der Waals surface area contributed by atoms with E-state index in [0.29, 0.717) is 0 Å². The van der Waals surface area contributed by atoms with Crippen molar-refractivity contribution in [3.8, 4) is 0 Å². The Balaban J connectivity index is 2.58. The van der Waals surface area contributed by atoms with Gasteiger partial charge in [-0.05, 0) is 6.42 Å². The first-order chi connectivity index (χ1) is 5.58. The van der Waals surface area contributed by atoms with Crippen LogP contribution in [-0.4, -0.2) is 23.9 Å². The minimum atomic E-state index is -0.188. The van der Waals surface area contributed by atoms with Gasteiger partial charge in [0.2, 0.25) is 5.91 Å². The van der Waals surface area contributed by atoms with Crippen LogP contribution in [0.2, 0.25) is 0 Å². The van der Waals surface area contributed by atoms with Crippen molar-refractivity contribution in [2.24, 2.45) is 5.41 Å². The highest BCUT2D eigenvalue weighted by Gasteiger charge is 2.29. The van der Waals surface area contributed by atoms with Gasteiger partial charge in [0.15, 0.2) is 0 Å². The first kappa shape index (κ1) is 9.30. The molecular weight excluding hydrogens is 150 g/mol. The van der Waals surface area contributed by atoms with E-state index in [1.165, 1.54) is 0 Å². The highest BCUT2D eigenvalue weighted by atomic mass is 16.2. The molecule has 2 heteroatoms. The summed E-state index contributed by atoms with van der Waals surface area (Å²) in [6, 6.07) is 0. The van der Waals surface area contributed by atoms with E-state index in [4.69, 9.17) is 0 Å². The van der Waals surface area contributed by atoms with Crippen LogP contribution in [0.5, 0.6) is 0 Å². The fourth-order valence-electron chi connectivity index (χ4n) is 1.22. The van der Waals surface area contributed by atoms with Crippen molar-refractivity contribution in [3.63, 3.8) is 0 Å². The summed E-state index contributed by atoms with van der Waals surface area (Å²) in [5.41, 5.74) is -0.188. The Kier molecular flexibility index (Phi) is 2.55. The SMILES string of the molecule is CCC(C)(C)C(=O)N1CC=CC1. The fraction of sp³-hybridized carbons (Fsp3) is 0.700. The Morgan fingerprint density at radius 3 is 2.33 bits per heavy atom. The van der Waals surface area contributed by atoms with Crippen LogP contribution < -0.4 is 0 Å². The Bertz CT molecular complexity index is 198. The van der Waals surface area contributed by atoms with Gasteiger partial charge >= 0.3 is 0 Å². The molecule has 1 rings (SSSR count). The third-order valence-corrected chi connectivity index (χ3v) is 2.57. The molecule has 68 valence electrons. The molecule has 0 aromatic heterocycles. The van der Waals surface area contributed by atoms with Crippen LogP contribution in [0.25, 0.3) is 0 Å². The summed E-state index contributed by atoms with van der Waals surface area (Å²) < 4.78 is 0. The second kappa shape index (κ2) is 3.30. The molecule has 1 amide bonds. The van der Waals surface area contributed by atoms with Crippen LogP contribution in [0.4, 0.5) is 0 Å². The van der Waals surface area contributed by atoms with Crippen molar-refractivity contribution >= 4 is 5.91 Å². The zero-order valence-electron chi connectivity index (χ0n) is 8.13. The highest BCUT2D eigenvalue weighted by Crippen LogP contribution is 2.23. The molecule has 0 bridgehead atoms. The average molecular weight is 167 g/mol. The van der Waals surface area contributed by atoms with Crippen molar-refractivity contribution in [3.05, 3.63) is 12.2 Å². The van der Waals surface area contributed by atoms with Crippen LogP contribution in [0.3, 0.4) is 0 Å². The molecule has 0 aliphatic carbocycles. The maximum Gasteiger partial charge on any atom is 0.228 e.